The summed E-state index contributed by atoms with van der Waals surface area (Å²) in [5.41, 5.74) is 0.630. The van der Waals surface area contributed by atoms with Crippen molar-refractivity contribution in [3.8, 4) is 11.5 Å². The van der Waals surface area contributed by atoms with Gasteiger partial charge in [0, 0.05) is 4.47 Å². The Morgan fingerprint density at radius 3 is 2.12 bits per heavy atom. The number of halogens is 1. The zero-order chi connectivity index (χ0) is 18.3. The number of anilines is 1. The van der Waals surface area contributed by atoms with Gasteiger partial charge in [-0.25, -0.2) is 0 Å². The monoisotopic (exact) mass is 413 g/mol. The molecule has 26 heavy (non-hydrogen) atoms. The first-order chi connectivity index (χ1) is 12.5. The highest BCUT2D eigenvalue weighted by Gasteiger charge is 2.49. The standard InChI is InChI=1S/C21H20BrNO3/c1-13-2-11-18-19(12-13)21(25)23(20(18)24)15-5-9-17(10-6-15)26-16-7-3-14(22)4-8-16/h3-10,13,18-19H,2,11-12H2,1H3/t13-,18+,19+/m1/s1. The highest BCUT2D eigenvalue weighted by Crippen LogP contribution is 2.42. The Labute approximate surface area is 161 Å². The Morgan fingerprint density at radius 1 is 0.885 bits per heavy atom. The predicted octanol–water partition coefficient (Wildman–Crippen LogP) is 5.17. The number of nitrogens with zero attached hydrogens (tertiary/aromatic N) is 1. The third-order valence-corrected chi connectivity index (χ3v) is 5.86. The molecule has 2 aromatic rings. The highest BCUT2D eigenvalue weighted by atomic mass is 79.9. The SMILES string of the molecule is C[C@@H]1CC[C@@H]2C(=O)N(c3ccc(Oc4ccc(Br)cc4)cc3)C(=O)[C@H]2C1. The molecule has 0 spiro atoms. The molecule has 0 N–H and O–H groups in total. The summed E-state index contributed by atoms with van der Waals surface area (Å²) >= 11 is 3.39. The minimum atomic E-state index is -0.148. The van der Waals surface area contributed by atoms with Crippen LogP contribution in [0.25, 0.3) is 0 Å². The fraction of sp³-hybridized carbons (Fsp3) is 0.333. The number of ether oxygens (including phenoxy) is 1. The van der Waals surface area contributed by atoms with Crippen molar-refractivity contribution in [2.45, 2.75) is 26.2 Å². The fourth-order valence-electron chi connectivity index (χ4n) is 3.95. The van der Waals surface area contributed by atoms with Crippen molar-refractivity contribution in [2.75, 3.05) is 4.90 Å². The van der Waals surface area contributed by atoms with E-state index in [9.17, 15) is 9.59 Å². The average Bonchev–Trinajstić information content (AvgIpc) is 2.88. The number of carbonyl (C=O) groups excluding carboxylic acids is 2. The number of imide groups is 1. The molecule has 4 nitrogen and oxygen atoms in total. The molecule has 2 aliphatic rings. The van der Waals surface area contributed by atoms with Gasteiger partial charge in [0.05, 0.1) is 17.5 Å². The number of hydrogen-bond donors (Lipinski definition) is 0. The largest absolute Gasteiger partial charge is 0.457 e. The van der Waals surface area contributed by atoms with Crippen molar-refractivity contribution in [3.63, 3.8) is 0 Å². The van der Waals surface area contributed by atoms with Crippen LogP contribution in [-0.2, 0) is 9.59 Å². The van der Waals surface area contributed by atoms with Crippen LogP contribution in [0.2, 0.25) is 0 Å². The lowest BCUT2D eigenvalue weighted by Crippen LogP contribution is -2.30. The second kappa shape index (κ2) is 6.88. The van der Waals surface area contributed by atoms with Crippen molar-refractivity contribution >= 4 is 33.4 Å². The lowest BCUT2D eigenvalue weighted by Gasteiger charge is -2.25. The lowest BCUT2D eigenvalue weighted by molar-refractivity contribution is -0.122. The van der Waals surface area contributed by atoms with E-state index in [-0.39, 0.29) is 23.7 Å². The van der Waals surface area contributed by atoms with E-state index >= 15 is 0 Å². The van der Waals surface area contributed by atoms with Gasteiger partial charge < -0.3 is 4.74 Å². The van der Waals surface area contributed by atoms with Gasteiger partial charge in [0.15, 0.2) is 0 Å². The third kappa shape index (κ3) is 3.16. The minimum Gasteiger partial charge on any atom is -0.457 e. The van der Waals surface area contributed by atoms with E-state index in [1.165, 1.54) is 4.90 Å². The maximum atomic E-state index is 12.8. The van der Waals surface area contributed by atoms with Crippen LogP contribution in [0.5, 0.6) is 11.5 Å². The van der Waals surface area contributed by atoms with Gasteiger partial charge in [-0.3, -0.25) is 14.5 Å². The van der Waals surface area contributed by atoms with E-state index in [1.807, 2.05) is 24.3 Å². The fourth-order valence-corrected chi connectivity index (χ4v) is 4.21. The summed E-state index contributed by atoms with van der Waals surface area (Å²) in [6.07, 6.45) is 2.65. The van der Waals surface area contributed by atoms with Gasteiger partial charge in [-0.1, -0.05) is 22.9 Å². The average molecular weight is 414 g/mol. The number of hydrogen-bond acceptors (Lipinski definition) is 3. The van der Waals surface area contributed by atoms with Crippen molar-refractivity contribution in [3.05, 3.63) is 53.0 Å². The Morgan fingerprint density at radius 2 is 1.46 bits per heavy atom. The molecular formula is C21H20BrNO3. The van der Waals surface area contributed by atoms with Crippen LogP contribution in [0.3, 0.4) is 0 Å². The van der Waals surface area contributed by atoms with Gasteiger partial charge in [0.25, 0.3) is 0 Å². The van der Waals surface area contributed by atoms with E-state index in [0.29, 0.717) is 17.4 Å². The maximum Gasteiger partial charge on any atom is 0.237 e. The van der Waals surface area contributed by atoms with Crippen molar-refractivity contribution in [1.82, 2.24) is 0 Å². The smallest absolute Gasteiger partial charge is 0.237 e. The van der Waals surface area contributed by atoms with Crippen LogP contribution >= 0.6 is 15.9 Å². The van der Waals surface area contributed by atoms with Crippen LogP contribution in [0.4, 0.5) is 5.69 Å². The summed E-state index contributed by atoms with van der Waals surface area (Å²) < 4.78 is 6.79. The summed E-state index contributed by atoms with van der Waals surface area (Å²) in [5, 5.41) is 0. The van der Waals surface area contributed by atoms with Crippen LogP contribution < -0.4 is 9.64 Å². The maximum absolute atomic E-state index is 12.8. The molecule has 5 heteroatoms. The summed E-state index contributed by atoms with van der Waals surface area (Å²) in [5.74, 6) is 1.52. The Bertz CT molecular complexity index is 831. The second-order valence-electron chi connectivity index (χ2n) is 7.19. The van der Waals surface area contributed by atoms with Gasteiger partial charge >= 0.3 is 0 Å². The number of rotatable bonds is 3. The topological polar surface area (TPSA) is 46.6 Å². The molecule has 1 aliphatic carbocycles. The first kappa shape index (κ1) is 17.3. The van der Waals surface area contributed by atoms with E-state index in [2.05, 4.69) is 22.9 Å². The molecule has 4 rings (SSSR count). The van der Waals surface area contributed by atoms with Crippen LogP contribution in [0.1, 0.15) is 26.2 Å². The predicted molar refractivity (Wildman–Crippen MR) is 103 cm³/mol. The van der Waals surface area contributed by atoms with Crippen LogP contribution in [0.15, 0.2) is 53.0 Å². The van der Waals surface area contributed by atoms with Crippen molar-refractivity contribution in [2.24, 2.45) is 17.8 Å². The zero-order valence-electron chi connectivity index (χ0n) is 14.5. The van der Waals surface area contributed by atoms with E-state index in [0.717, 1.165) is 29.5 Å². The number of fused-ring (bicyclic) bond motifs is 1. The van der Waals surface area contributed by atoms with Crippen LogP contribution in [0, 0.1) is 17.8 Å². The second-order valence-corrected chi connectivity index (χ2v) is 8.11. The molecule has 2 aromatic carbocycles. The molecule has 134 valence electrons. The van der Waals surface area contributed by atoms with E-state index in [4.69, 9.17) is 4.74 Å². The van der Waals surface area contributed by atoms with Gasteiger partial charge in [0.2, 0.25) is 11.8 Å². The number of carbonyl (C=O) groups is 2. The quantitative estimate of drug-likeness (QED) is 0.652. The third-order valence-electron chi connectivity index (χ3n) is 5.33. The van der Waals surface area contributed by atoms with Gasteiger partial charge in [0.1, 0.15) is 11.5 Å². The molecule has 0 radical (unpaired) electrons. The number of amides is 2. The highest BCUT2D eigenvalue weighted by molar-refractivity contribution is 9.10. The van der Waals surface area contributed by atoms with E-state index < -0.39 is 0 Å². The van der Waals surface area contributed by atoms with Crippen molar-refractivity contribution in [1.29, 1.82) is 0 Å². The summed E-state index contributed by atoms with van der Waals surface area (Å²) in [6.45, 7) is 2.16. The molecule has 0 unspecified atom stereocenters. The van der Waals surface area contributed by atoms with Gasteiger partial charge in [-0.2, -0.15) is 0 Å². The molecule has 1 saturated carbocycles. The van der Waals surface area contributed by atoms with Crippen LogP contribution in [-0.4, -0.2) is 11.8 Å². The lowest BCUT2D eigenvalue weighted by atomic mass is 9.76. The minimum absolute atomic E-state index is 0.0477. The molecule has 1 saturated heterocycles. The Balaban J connectivity index is 1.52. The first-order valence-electron chi connectivity index (χ1n) is 8.94. The molecule has 3 atom stereocenters. The molecule has 2 fully saturated rings. The van der Waals surface area contributed by atoms with Gasteiger partial charge in [-0.05, 0) is 73.7 Å². The first-order valence-corrected chi connectivity index (χ1v) is 9.73. The van der Waals surface area contributed by atoms with E-state index in [1.54, 1.807) is 24.3 Å². The zero-order valence-corrected chi connectivity index (χ0v) is 16.1. The Hall–Kier alpha value is -2.14. The molecular weight excluding hydrogens is 394 g/mol. The normalized spacial score (nSPS) is 25.3. The number of benzene rings is 2. The molecule has 0 aromatic heterocycles. The summed E-state index contributed by atoms with van der Waals surface area (Å²) in [7, 11) is 0. The molecule has 2 amide bonds. The molecule has 1 aliphatic heterocycles. The van der Waals surface area contributed by atoms with Gasteiger partial charge in [-0.15, -0.1) is 0 Å². The van der Waals surface area contributed by atoms with Crippen molar-refractivity contribution < 1.29 is 14.3 Å². The summed E-state index contributed by atoms with van der Waals surface area (Å²) in [4.78, 5) is 26.9. The molecule has 0 bridgehead atoms. The summed E-state index contributed by atoms with van der Waals surface area (Å²) in [6, 6.07) is 14.7. The molecule has 1 heterocycles. The Kier molecular flexibility index (Phi) is 4.57.